The van der Waals surface area contributed by atoms with Crippen LogP contribution in [0.1, 0.15) is 27.4 Å². The first kappa shape index (κ1) is 17.5. The van der Waals surface area contributed by atoms with Gasteiger partial charge in [-0.05, 0) is 38.5 Å². The Balaban J connectivity index is 1.49. The van der Waals surface area contributed by atoms with E-state index in [-0.39, 0.29) is 5.69 Å². The van der Waals surface area contributed by atoms with Crippen molar-refractivity contribution in [1.29, 1.82) is 0 Å². The van der Waals surface area contributed by atoms with E-state index in [4.69, 9.17) is 4.52 Å². The van der Waals surface area contributed by atoms with Gasteiger partial charge in [0, 0.05) is 29.7 Å². The number of nitrogens with one attached hydrogen (secondary N) is 1. The smallest absolute Gasteiger partial charge is 0.277 e. The zero-order valence-electron chi connectivity index (χ0n) is 15.5. The molecule has 0 saturated heterocycles. The summed E-state index contributed by atoms with van der Waals surface area (Å²) in [5.41, 5.74) is 4.32. The number of nitrogens with zero attached hydrogens (tertiary/aromatic N) is 6. The lowest BCUT2D eigenvalue weighted by molar-refractivity contribution is 0.101. The number of aromatic nitrogens is 6. The first-order valence-corrected chi connectivity index (χ1v) is 8.56. The molecule has 4 rings (SSSR count). The Hall–Kier alpha value is -3.88. The zero-order chi connectivity index (χ0) is 19.7. The number of anilines is 1. The highest BCUT2D eigenvalue weighted by Gasteiger charge is 2.15. The van der Waals surface area contributed by atoms with Gasteiger partial charge in [0.05, 0.1) is 23.8 Å². The summed E-state index contributed by atoms with van der Waals surface area (Å²) in [5, 5.41) is 10.9. The molecular weight excluding hydrogens is 358 g/mol. The van der Waals surface area contributed by atoms with Crippen molar-refractivity contribution in [3.05, 3.63) is 65.6 Å². The third-order valence-corrected chi connectivity index (χ3v) is 4.43. The Morgan fingerprint density at radius 2 is 1.93 bits per heavy atom. The predicted molar refractivity (Wildman–Crippen MR) is 101 cm³/mol. The lowest BCUT2D eigenvalue weighted by Crippen LogP contribution is -2.13. The van der Waals surface area contributed by atoms with E-state index in [9.17, 15) is 4.79 Å². The molecule has 0 unspecified atom stereocenters. The molecule has 140 valence electrons. The van der Waals surface area contributed by atoms with E-state index in [0.29, 0.717) is 17.4 Å². The van der Waals surface area contributed by atoms with Gasteiger partial charge in [0.25, 0.3) is 11.9 Å². The molecule has 0 aliphatic heterocycles. The van der Waals surface area contributed by atoms with Crippen molar-refractivity contribution in [2.24, 2.45) is 0 Å². The lowest BCUT2D eigenvalue weighted by Gasteiger charge is -2.05. The van der Waals surface area contributed by atoms with Crippen LogP contribution in [-0.2, 0) is 0 Å². The monoisotopic (exact) mass is 375 g/mol. The van der Waals surface area contributed by atoms with Gasteiger partial charge < -0.3 is 9.84 Å². The fraction of sp³-hybridized carbons (Fsp3) is 0.158. The Labute approximate surface area is 160 Å². The van der Waals surface area contributed by atoms with E-state index in [1.807, 2.05) is 26.8 Å². The second-order valence-electron chi connectivity index (χ2n) is 6.25. The average Bonchev–Trinajstić information content (AvgIpc) is 3.31. The molecule has 0 spiro atoms. The molecule has 0 bridgehead atoms. The summed E-state index contributed by atoms with van der Waals surface area (Å²) in [5.74, 6) is 0.481. The van der Waals surface area contributed by atoms with Crippen molar-refractivity contribution < 1.29 is 9.32 Å². The minimum atomic E-state index is -0.419. The van der Waals surface area contributed by atoms with E-state index in [1.54, 1.807) is 29.2 Å². The van der Waals surface area contributed by atoms with E-state index < -0.39 is 5.91 Å². The third-order valence-electron chi connectivity index (χ3n) is 4.43. The van der Waals surface area contributed by atoms with Crippen LogP contribution in [0.5, 0.6) is 0 Å². The number of aryl methyl sites for hydroxylation is 1. The summed E-state index contributed by atoms with van der Waals surface area (Å²) < 4.78 is 6.89. The second-order valence-corrected chi connectivity index (χ2v) is 6.25. The Kier molecular flexibility index (Phi) is 4.40. The maximum Gasteiger partial charge on any atom is 0.277 e. The third kappa shape index (κ3) is 3.25. The maximum absolute atomic E-state index is 12.4. The summed E-state index contributed by atoms with van der Waals surface area (Å²) in [4.78, 5) is 25.0. The van der Waals surface area contributed by atoms with Crippen LogP contribution in [0.2, 0.25) is 0 Å². The molecule has 9 nitrogen and oxygen atoms in total. The van der Waals surface area contributed by atoms with Crippen molar-refractivity contribution in [1.82, 2.24) is 29.9 Å². The van der Waals surface area contributed by atoms with Crippen molar-refractivity contribution in [2.75, 3.05) is 5.32 Å². The molecular formula is C19H17N7O2. The largest absolute Gasteiger partial charge is 0.355 e. The molecule has 0 aliphatic carbocycles. The molecule has 4 aromatic heterocycles. The van der Waals surface area contributed by atoms with Crippen LogP contribution in [0.15, 0.2) is 47.5 Å². The minimum absolute atomic E-state index is 0.150. The topological polar surface area (TPSA) is 112 Å². The van der Waals surface area contributed by atoms with Gasteiger partial charge in [0.2, 0.25) is 0 Å². The van der Waals surface area contributed by atoms with Gasteiger partial charge in [0.15, 0.2) is 11.5 Å². The van der Waals surface area contributed by atoms with Crippen LogP contribution in [-0.4, -0.2) is 35.8 Å². The number of hydrogen-bond acceptors (Lipinski definition) is 7. The lowest BCUT2D eigenvalue weighted by atomic mass is 10.2. The number of hydrogen-bond donors (Lipinski definition) is 1. The Morgan fingerprint density at radius 1 is 1.14 bits per heavy atom. The predicted octanol–water partition coefficient (Wildman–Crippen LogP) is 2.89. The standard InChI is InChI=1S/C19H17N7O2/c1-11-12(2)24-26(13(11)3)19-21-9-15(10-22-19)23-18(27)16-7-17(28-25-16)14-5-4-6-20-8-14/h4-10H,1-3H3,(H,23,27). The Morgan fingerprint density at radius 3 is 2.57 bits per heavy atom. The fourth-order valence-electron chi connectivity index (χ4n) is 2.63. The Bertz CT molecular complexity index is 1130. The average molecular weight is 375 g/mol. The van der Waals surface area contributed by atoms with E-state index >= 15 is 0 Å². The van der Waals surface area contributed by atoms with Gasteiger partial charge in [-0.3, -0.25) is 9.78 Å². The molecule has 0 radical (unpaired) electrons. The van der Waals surface area contributed by atoms with Crippen molar-refractivity contribution in [3.63, 3.8) is 0 Å². The normalized spacial score (nSPS) is 10.8. The number of rotatable bonds is 4. The molecule has 0 saturated carbocycles. The van der Waals surface area contributed by atoms with Crippen LogP contribution >= 0.6 is 0 Å². The number of carbonyl (C=O) groups excluding carboxylic acids is 1. The molecule has 4 aromatic rings. The van der Waals surface area contributed by atoms with E-state index in [0.717, 1.165) is 22.5 Å². The molecule has 1 N–H and O–H groups in total. The molecule has 0 aromatic carbocycles. The highest BCUT2D eigenvalue weighted by molar-refractivity contribution is 6.03. The van der Waals surface area contributed by atoms with Crippen molar-refractivity contribution >= 4 is 11.6 Å². The molecule has 28 heavy (non-hydrogen) atoms. The summed E-state index contributed by atoms with van der Waals surface area (Å²) in [7, 11) is 0. The highest BCUT2D eigenvalue weighted by Crippen LogP contribution is 2.20. The first-order valence-electron chi connectivity index (χ1n) is 8.56. The maximum atomic E-state index is 12.4. The van der Waals surface area contributed by atoms with E-state index in [2.05, 4.69) is 30.5 Å². The van der Waals surface area contributed by atoms with Crippen LogP contribution in [0, 0.1) is 20.8 Å². The van der Waals surface area contributed by atoms with Gasteiger partial charge in [0.1, 0.15) is 0 Å². The number of carbonyl (C=O) groups is 1. The SMILES string of the molecule is Cc1nn(-c2ncc(NC(=O)c3cc(-c4cccnc4)on3)cn2)c(C)c1C. The fourth-order valence-corrected chi connectivity index (χ4v) is 2.63. The first-order chi connectivity index (χ1) is 13.5. The number of amides is 1. The van der Waals surface area contributed by atoms with Crippen molar-refractivity contribution in [2.45, 2.75) is 20.8 Å². The van der Waals surface area contributed by atoms with E-state index in [1.165, 1.54) is 12.4 Å². The molecule has 0 atom stereocenters. The second kappa shape index (κ2) is 7.03. The van der Waals surface area contributed by atoms with Crippen molar-refractivity contribution in [3.8, 4) is 17.3 Å². The van der Waals surface area contributed by atoms with Gasteiger partial charge in [-0.15, -0.1) is 0 Å². The van der Waals surface area contributed by atoms with Crippen LogP contribution in [0.3, 0.4) is 0 Å². The van der Waals surface area contributed by atoms with Gasteiger partial charge in [-0.1, -0.05) is 5.16 Å². The molecule has 1 amide bonds. The summed E-state index contributed by atoms with van der Waals surface area (Å²) in [6, 6.07) is 5.16. The minimum Gasteiger partial charge on any atom is -0.355 e. The van der Waals surface area contributed by atoms with Crippen LogP contribution < -0.4 is 5.32 Å². The zero-order valence-corrected chi connectivity index (χ0v) is 15.5. The van der Waals surface area contributed by atoms with Gasteiger partial charge >= 0.3 is 0 Å². The van der Waals surface area contributed by atoms with Crippen LogP contribution in [0.25, 0.3) is 17.3 Å². The summed E-state index contributed by atoms with van der Waals surface area (Å²) >= 11 is 0. The molecule has 4 heterocycles. The highest BCUT2D eigenvalue weighted by atomic mass is 16.5. The molecule has 0 fully saturated rings. The molecule has 9 heteroatoms. The van der Waals surface area contributed by atoms with Crippen LogP contribution in [0.4, 0.5) is 5.69 Å². The summed E-state index contributed by atoms with van der Waals surface area (Å²) in [6.07, 6.45) is 6.34. The van der Waals surface area contributed by atoms with Gasteiger partial charge in [-0.2, -0.15) is 5.10 Å². The summed E-state index contributed by atoms with van der Waals surface area (Å²) in [6.45, 7) is 5.89. The quantitative estimate of drug-likeness (QED) is 0.583. The number of pyridine rings is 1. The van der Waals surface area contributed by atoms with Gasteiger partial charge in [-0.25, -0.2) is 14.6 Å². The molecule has 0 aliphatic rings.